The van der Waals surface area contributed by atoms with Crippen molar-refractivity contribution in [3.8, 4) is 0 Å². The summed E-state index contributed by atoms with van der Waals surface area (Å²) in [5, 5.41) is 0. The van der Waals surface area contributed by atoms with Gasteiger partial charge in [-0.25, -0.2) is 0 Å². The quantitative estimate of drug-likeness (QED) is 0.723. The van der Waals surface area contributed by atoms with Gasteiger partial charge in [0.2, 0.25) is 0 Å². The van der Waals surface area contributed by atoms with Gasteiger partial charge in [0.1, 0.15) is 18.3 Å². The van der Waals surface area contributed by atoms with Crippen molar-refractivity contribution in [1.82, 2.24) is 0 Å². The van der Waals surface area contributed by atoms with Crippen LogP contribution in [-0.4, -0.2) is 24.9 Å². The largest absolute Gasteiger partial charge is 0.493 e. The molecule has 3 heteroatoms. The Labute approximate surface area is 94.6 Å². The standard InChI is InChI=1S/C13H14O3/c1-2-4-10(5-3-1)8-14-9-12-13-11(16-13)6-7-15-12/h1-7,11-13H,8-9H2/t11-,12-,13-/m1/s1. The van der Waals surface area contributed by atoms with E-state index in [2.05, 4.69) is 12.1 Å². The molecular weight excluding hydrogens is 204 g/mol. The highest BCUT2D eigenvalue weighted by molar-refractivity contribution is 5.13. The van der Waals surface area contributed by atoms with Crippen molar-refractivity contribution >= 4 is 0 Å². The molecule has 0 saturated carbocycles. The Hall–Kier alpha value is -1.32. The van der Waals surface area contributed by atoms with Gasteiger partial charge in [0.15, 0.2) is 0 Å². The van der Waals surface area contributed by atoms with Crippen molar-refractivity contribution in [3.05, 3.63) is 48.2 Å². The van der Waals surface area contributed by atoms with Gasteiger partial charge in [-0.05, 0) is 11.6 Å². The van der Waals surface area contributed by atoms with Crippen LogP contribution < -0.4 is 0 Å². The zero-order valence-electron chi connectivity index (χ0n) is 8.91. The number of fused-ring (bicyclic) bond motifs is 1. The lowest BCUT2D eigenvalue weighted by molar-refractivity contribution is 0.00516. The molecule has 0 aromatic heterocycles. The molecule has 1 aromatic rings. The fourth-order valence-corrected chi connectivity index (χ4v) is 1.89. The van der Waals surface area contributed by atoms with Crippen molar-refractivity contribution in [2.45, 2.75) is 24.9 Å². The van der Waals surface area contributed by atoms with Crippen LogP contribution >= 0.6 is 0 Å². The van der Waals surface area contributed by atoms with Crippen molar-refractivity contribution in [2.24, 2.45) is 0 Å². The Morgan fingerprint density at radius 3 is 2.94 bits per heavy atom. The normalized spacial score (nSPS) is 30.6. The summed E-state index contributed by atoms with van der Waals surface area (Å²) in [5.41, 5.74) is 1.18. The van der Waals surface area contributed by atoms with Gasteiger partial charge in [-0.1, -0.05) is 30.3 Å². The topological polar surface area (TPSA) is 31.0 Å². The van der Waals surface area contributed by atoms with Crippen LogP contribution in [0.2, 0.25) is 0 Å². The van der Waals surface area contributed by atoms with E-state index in [1.54, 1.807) is 6.26 Å². The first-order chi connectivity index (χ1) is 7.93. The van der Waals surface area contributed by atoms with Crippen LogP contribution in [0.1, 0.15) is 5.56 Å². The van der Waals surface area contributed by atoms with Gasteiger partial charge in [-0.15, -0.1) is 0 Å². The molecule has 0 radical (unpaired) electrons. The number of epoxide rings is 1. The van der Waals surface area contributed by atoms with Gasteiger partial charge < -0.3 is 14.2 Å². The zero-order chi connectivity index (χ0) is 10.8. The summed E-state index contributed by atoms with van der Waals surface area (Å²) in [5.74, 6) is 0. The van der Waals surface area contributed by atoms with Gasteiger partial charge in [0, 0.05) is 0 Å². The van der Waals surface area contributed by atoms with Gasteiger partial charge in [0.05, 0.1) is 19.5 Å². The van der Waals surface area contributed by atoms with Crippen molar-refractivity contribution in [3.63, 3.8) is 0 Å². The Kier molecular flexibility index (Phi) is 2.64. The molecule has 0 N–H and O–H groups in total. The molecule has 2 heterocycles. The van der Waals surface area contributed by atoms with Gasteiger partial charge in [-0.2, -0.15) is 0 Å². The van der Waals surface area contributed by atoms with Crippen molar-refractivity contribution < 1.29 is 14.2 Å². The Morgan fingerprint density at radius 2 is 2.06 bits per heavy atom. The average molecular weight is 218 g/mol. The highest BCUT2D eigenvalue weighted by atomic mass is 16.6. The third-order valence-corrected chi connectivity index (χ3v) is 2.84. The summed E-state index contributed by atoms with van der Waals surface area (Å²) in [4.78, 5) is 0. The lowest BCUT2D eigenvalue weighted by Crippen LogP contribution is -2.27. The van der Waals surface area contributed by atoms with E-state index >= 15 is 0 Å². The van der Waals surface area contributed by atoms with E-state index in [9.17, 15) is 0 Å². The predicted octanol–water partition coefficient (Wildman–Crippen LogP) is 1.88. The fourth-order valence-electron chi connectivity index (χ4n) is 1.89. The van der Waals surface area contributed by atoms with E-state index in [-0.39, 0.29) is 18.3 Å². The number of rotatable bonds is 4. The molecule has 1 aromatic carbocycles. The van der Waals surface area contributed by atoms with Crippen molar-refractivity contribution in [2.75, 3.05) is 6.61 Å². The minimum atomic E-state index is 0.0544. The first-order valence-corrected chi connectivity index (χ1v) is 5.53. The van der Waals surface area contributed by atoms with E-state index in [0.717, 1.165) is 0 Å². The summed E-state index contributed by atoms with van der Waals surface area (Å²) in [6, 6.07) is 10.1. The maximum Gasteiger partial charge on any atom is 0.150 e. The van der Waals surface area contributed by atoms with E-state index in [1.165, 1.54) is 5.56 Å². The molecule has 2 aliphatic rings. The third kappa shape index (κ3) is 2.10. The molecule has 0 unspecified atom stereocenters. The van der Waals surface area contributed by atoms with Crippen LogP contribution in [-0.2, 0) is 20.8 Å². The second-order valence-electron chi connectivity index (χ2n) is 4.07. The van der Waals surface area contributed by atoms with E-state index in [0.29, 0.717) is 13.2 Å². The highest BCUT2D eigenvalue weighted by Gasteiger charge is 2.46. The maximum absolute atomic E-state index is 5.62. The lowest BCUT2D eigenvalue weighted by Gasteiger charge is -2.16. The van der Waals surface area contributed by atoms with Crippen LogP contribution in [0.15, 0.2) is 42.7 Å². The molecule has 1 saturated heterocycles. The molecule has 84 valence electrons. The summed E-state index contributed by atoms with van der Waals surface area (Å²) < 4.78 is 16.5. The van der Waals surface area contributed by atoms with E-state index in [4.69, 9.17) is 14.2 Å². The Morgan fingerprint density at radius 1 is 1.19 bits per heavy atom. The molecule has 1 fully saturated rings. The summed E-state index contributed by atoms with van der Waals surface area (Å²) in [6.45, 7) is 1.21. The van der Waals surface area contributed by atoms with Crippen molar-refractivity contribution in [1.29, 1.82) is 0 Å². The van der Waals surface area contributed by atoms with Gasteiger partial charge in [0.25, 0.3) is 0 Å². The van der Waals surface area contributed by atoms with E-state index in [1.807, 2.05) is 24.3 Å². The number of benzene rings is 1. The Balaban J connectivity index is 1.45. The number of hydrogen-bond donors (Lipinski definition) is 0. The smallest absolute Gasteiger partial charge is 0.150 e. The molecule has 0 amide bonds. The summed E-state index contributed by atoms with van der Waals surface area (Å²) >= 11 is 0. The lowest BCUT2D eigenvalue weighted by atomic mass is 10.2. The van der Waals surface area contributed by atoms with Gasteiger partial charge >= 0.3 is 0 Å². The minimum Gasteiger partial charge on any atom is -0.493 e. The van der Waals surface area contributed by atoms with Gasteiger partial charge in [-0.3, -0.25) is 0 Å². The maximum atomic E-state index is 5.62. The molecule has 3 rings (SSSR count). The minimum absolute atomic E-state index is 0.0544. The average Bonchev–Trinajstić information content (AvgIpc) is 3.10. The van der Waals surface area contributed by atoms with Crippen LogP contribution in [0.3, 0.4) is 0 Å². The number of hydrogen-bond acceptors (Lipinski definition) is 3. The monoisotopic (exact) mass is 218 g/mol. The summed E-state index contributed by atoms with van der Waals surface area (Å²) in [7, 11) is 0. The first kappa shape index (κ1) is 9.87. The molecule has 3 nitrogen and oxygen atoms in total. The fraction of sp³-hybridized carbons (Fsp3) is 0.385. The summed E-state index contributed by atoms with van der Waals surface area (Å²) in [6.07, 6.45) is 4.18. The molecule has 0 bridgehead atoms. The molecule has 0 spiro atoms. The molecule has 2 aliphatic heterocycles. The molecule has 3 atom stereocenters. The second-order valence-corrected chi connectivity index (χ2v) is 4.07. The predicted molar refractivity (Wildman–Crippen MR) is 58.8 cm³/mol. The third-order valence-electron chi connectivity index (χ3n) is 2.84. The highest BCUT2D eigenvalue weighted by Crippen LogP contribution is 2.32. The SMILES string of the molecule is C1=C[C@H]2O[C@H]2[C@@H](COCc2ccccc2)O1. The van der Waals surface area contributed by atoms with Crippen LogP contribution in [0.25, 0.3) is 0 Å². The second kappa shape index (κ2) is 4.28. The molecular formula is C13H14O3. The molecule has 16 heavy (non-hydrogen) atoms. The Bertz CT molecular complexity index is 374. The van der Waals surface area contributed by atoms with Crippen LogP contribution in [0.4, 0.5) is 0 Å². The van der Waals surface area contributed by atoms with E-state index < -0.39 is 0 Å². The molecule has 0 aliphatic carbocycles. The number of ether oxygens (including phenoxy) is 3. The zero-order valence-corrected chi connectivity index (χ0v) is 8.91. The first-order valence-electron chi connectivity index (χ1n) is 5.53. The van der Waals surface area contributed by atoms with Crippen LogP contribution in [0.5, 0.6) is 0 Å². The van der Waals surface area contributed by atoms with Crippen LogP contribution in [0, 0.1) is 0 Å².